The Morgan fingerprint density at radius 2 is 1.59 bits per heavy atom. The number of aryl methyl sites for hydroxylation is 1. The number of para-hydroxylation sites is 1. The van der Waals surface area contributed by atoms with Crippen LogP contribution < -0.4 is 14.5 Å². The van der Waals surface area contributed by atoms with E-state index in [2.05, 4.69) is 15.1 Å². The summed E-state index contributed by atoms with van der Waals surface area (Å²) >= 11 is 6.06. The molecule has 8 nitrogen and oxygen atoms in total. The molecule has 224 valence electrons. The first-order valence-electron chi connectivity index (χ1n) is 13.8. The van der Waals surface area contributed by atoms with E-state index in [0.29, 0.717) is 10.8 Å². The quantitative estimate of drug-likeness (QED) is 0.135. The van der Waals surface area contributed by atoms with Crippen molar-refractivity contribution in [3.05, 3.63) is 142 Å². The second kappa shape index (κ2) is 13.2. The monoisotopic (exact) mass is 626 g/mol. The molecule has 0 spiro atoms. The largest absolute Gasteiger partial charge is 0.497 e. The van der Waals surface area contributed by atoms with Crippen molar-refractivity contribution in [3.63, 3.8) is 0 Å². The number of benzene rings is 4. The summed E-state index contributed by atoms with van der Waals surface area (Å²) in [5.41, 5.74) is 7.42. The third-order valence-corrected chi connectivity index (χ3v) is 9.18. The van der Waals surface area contributed by atoms with Crippen LogP contribution in [0.25, 0.3) is 5.69 Å². The van der Waals surface area contributed by atoms with Gasteiger partial charge in [0, 0.05) is 27.7 Å². The first-order valence-corrected chi connectivity index (χ1v) is 15.6. The number of anilines is 1. The van der Waals surface area contributed by atoms with Crippen LogP contribution in [0, 0.1) is 13.8 Å². The van der Waals surface area contributed by atoms with Crippen molar-refractivity contribution in [2.45, 2.75) is 25.3 Å². The predicted octanol–water partition coefficient (Wildman–Crippen LogP) is 6.92. The number of aromatic nitrogens is 1. The number of hydrogen-bond acceptors (Lipinski definition) is 5. The van der Waals surface area contributed by atoms with Gasteiger partial charge < -0.3 is 9.30 Å². The van der Waals surface area contributed by atoms with Crippen molar-refractivity contribution in [2.75, 3.05) is 11.4 Å². The van der Waals surface area contributed by atoms with E-state index in [9.17, 15) is 13.2 Å². The van der Waals surface area contributed by atoms with Gasteiger partial charge in [0.05, 0.1) is 36.0 Å². The third kappa shape index (κ3) is 6.54. The molecule has 0 bridgehead atoms. The molecule has 1 heterocycles. The Labute approximate surface area is 262 Å². The Kier molecular flexibility index (Phi) is 9.18. The van der Waals surface area contributed by atoms with Crippen molar-refractivity contribution >= 4 is 39.4 Å². The fourth-order valence-corrected chi connectivity index (χ4v) is 6.53. The minimum Gasteiger partial charge on any atom is -0.497 e. The second-order valence-corrected chi connectivity index (χ2v) is 12.3. The molecule has 0 radical (unpaired) electrons. The zero-order valence-corrected chi connectivity index (χ0v) is 26.0. The maximum Gasteiger partial charge on any atom is 0.273 e. The number of nitrogens with one attached hydrogen (secondary N) is 1. The molecule has 5 rings (SSSR count). The number of methoxy groups -OCH3 is 1. The fraction of sp³-hybridized carbons (Fsp3) is 0.118. The highest BCUT2D eigenvalue weighted by Crippen LogP contribution is 2.30. The predicted molar refractivity (Wildman–Crippen MR) is 175 cm³/mol. The van der Waals surface area contributed by atoms with Gasteiger partial charge in [-0.05, 0) is 86.1 Å². The van der Waals surface area contributed by atoms with Gasteiger partial charge in [-0.3, -0.25) is 9.10 Å². The molecule has 0 aliphatic heterocycles. The third-order valence-electron chi connectivity index (χ3n) is 7.16. The molecular weight excluding hydrogens is 596 g/mol. The van der Waals surface area contributed by atoms with Crippen LogP contribution in [0.2, 0.25) is 5.02 Å². The Hall–Kier alpha value is -4.86. The van der Waals surface area contributed by atoms with E-state index in [1.807, 2.05) is 74.5 Å². The van der Waals surface area contributed by atoms with Crippen molar-refractivity contribution in [3.8, 4) is 11.4 Å². The molecule has 0 unspecified atom stereocenters. The van der Waals surface area contributed by atoms with Crippen molar-refractivity contribution in [1.82, 2.24) is 9.99 Å². The van der Waals surface area contributed by atoms with Gasteiger partial charge in [-0.2, -0.15) is 5.10 Å². The lowest BCUT2D eigenvalue weighted by atomic mass is 10.1. The summed E-state index contributed by atoms with van der Waals surface area (Å²) in [5.74, 6) is -0.0171. The summed E-state index contributed by atoms with van der Waals surface area (Å²) in [7, 11) is -2.57. The summed E-state index contributed by atoms with van der Waals surface area (Å²) in [5, 5.41) is 4.88. The topological polar surface area (TPSA) is 93.0 Å². The van der Waals surface area contributed by atoms with Crippen LogP contribution >= 0.6 is 11.6 Å². The van der Waals surface area contributed by atoms with Crippen LogP contribution in [0.4, 0.5) is 5.69 Å². The number of amides is 1. The molecule has 0 aliphatic rings. The molecule has 0 fully saturated rings. The van der Waals surface area contributed by atoms with Crippen LogP contribution in [0.15, 0.2) is 119 Å². The molecule has 1 N–H and O–H groups in total. The number of carbonyl (C=O) groups is 1. The molecule has 0 atom stereocenters. The lowest BCUT2D eigenvalue weighted by Gasteiger charge is -2.26. The summed E-state index contributed by atoms with van der Waals surface area (Å²) in [6, 6.07) is 31.4. The molecule has 1 amide bonds. The smallest absolute Gasteiger partial charge is 0.273 e. The van der Waals surface area contributed by atoms with Gasteiger partial charge in [-0.1, -0.05) is 54.1 Å². The molecule has 0 aliphatic carbocycles. The van der Waals surface area contributed by atoms with Gasteiger partial charge in [-0.15, -0.1) is 0 Å². The normalized spacial score (nSPS) is 11.5. The number of hydrogen-bond donors (Lipinski definition) is 1. The van der Waals surface area contributed by atoms with Crippen molar-refractivity contribution < 1.29 is 17.9 Å². The molecule has 0 saturated carbocycles. The average Bonchev–Trinajstić information content (AvgIpc) is 3.32. The minimum atomic E-state index is -4.09. The van der Waals surface area contributed by atoms with E-state index in [1.54, 1.807) is 42.6 Å². The van der Waals surface area contributed by atoms with Gasteiger partial charge in [0.2, 0.25) is 0 Å². The average molecular weight is 627 g/mol. The maximum atomic E-state index is 14.0. The number of ether oxygens (including phenoxy) is 1. The molecule has 44 heavy (non-hydrogen) atoms. The van der Waals surface area contributed by atoms with Crippen LogP contribution in [-0.2, 0) is 16.6 Å². The van der Waals surface area contributed by atoms with Crippen LogP contribution in [0.3, 0.4) is 0 Å². The Morgan fingerprint density at radius 1 is 0.932 bits per heavy atom. The summed E-state index contributed by atoms with van der Waals surface area (Å²) < 4.78 is 36.6. The maximum absolute atomic E-state index is 14.0. The first-order chi connectivity index (χ1) is 21.2. The first kappa shape index (κ1) is 30.6. The van der Waals surface area contributed by atoms with Gasteiger partial charge >= 0.3 is 0 Å². The summed E-state index contributed by atoms with van der Waals surface area (Å²) in [6.45, 7) is 3.96. The van der Waals surface area contributed by atoms with Gasteiger partial charge in [-0.25, -0.2) is 13.8 Å². The number of hydrazone groups is 1. The molecule has 5 aromatic rings. The number of rotatable bonds is 10. The zero-order valence-electron chi connectivity index (χ0n) is 24.4. The van der Waals surface area contributed by atoms with E-state index in [4.69, 9.17) is 16.3 Å². The number of sulfonamides is 1. The van der Waals surface area contributed by atoms with E-state index in [0.717, 1.165) is 28.2 Å². The summed E-state index contributed by atoms with van der Waals surface area (Å²) in [4.78, 5) is 13.6. The lowest BCUT2D eigenvalue weighted by molar-refractivity contribution is 0.0955. The highest BCUT2D eigenvalue weighted by molar-refractivity contribution is 7.92. The number of carbonyl (C=O) groups excluding carboxylic acids is 1. The van der Waals surface area contributed by atoms with E-state index >= 15 is 0 Å². The van der Waals surface area contributed by atoms with Crippen LogP contribution in [0.1, 0.15) is 32.9 Å². The second-order valence-electron chi connectivity index (χ2n) is 10.0. The highest BCUT2D eigenvalue weighted by Gasteiger charge is 2.28. The van der Waals surface area contributed by atoms with Gasteiger partial charge in [0.25, 0.3) is 15.9 Å². The van der Waals surface area contributed by atoms with Crippen LogP contribution in [-0.4, -0.2) is 32.2 Å². The Balaban J connectivity index is 1.45. The van der Waals surface area contributed by atoms with E-state index in [-0.39, 0.29) is 22.7 Å². The number of nitrogens with zero attached hydrogens (tertiary/aromatic N) is 3. The highest BCUT2D eigenvalue weighted by atomic mass is 35.5. The molecule has 10 heteroatoms. The van der Waals surface area contributed by atoms with Crippen LogP contribution in [0.5, 0.6) is 5.75 Å². The molecule has 4 aromatic carbocycles. The zero-order chi connectivity index (χ0) is 31.3. The van der Waals surface area contributed by atoms with E-state index in [1.165, 1.54) is 23.5 Å². The standard InChI is InChI=1S/C34H31ClN4O4S/c1-24-21-27(25(2)39(24)29-15-13-28(35)14-16-29)22-36-37-34(40)32-11-7-8-12-33(32)38(23-26-9-5-4-6-10-26)44(41,42)31-19-17-30(43-3)18-20-31/h4-22H,23H2,1-3H3,(H,37,40)/b36-22-. The molecular formula is C34H31ClN4O4S. The summed E-state index contributed by atoms with van der Waals surface area (Å²) in [6.07, 6.45) is 1.57. The molecule has 1 aromatic heterocycles. The van der Waals surface area contributed by atoms with E-state index < -0.39 is 15.9 Å². The fourth-order valence-electron chi connectivity index (χ4n) is 4.93. The van der Waals surface area contributed by atoms with Gasteiger partial charge in [0.1, 0.15) is 5.75 Å². The van der Waals surface area contributed by atoms with Gasteiger partial charge in [0.15, 0.2) is 0 Å². The number of halogens is 1. The Morgan fingerprint density at radius 3 is 2.27 bits per heavy atom. The molecule has 0 saturated heterocycles. The SMILES string of the molecule is COc1ccc(S(=O)(=O)N(Cc2ccccc2)c2ccccc2C(=O)N/N=C\c2cc(C)n(-c3ccc(Cl)cc3)c2C)cc1. The van der Waals surface area contributed by atoms with Crippen molar-refractivity contribution in [1.29, 1.82) is 0 Å². The Bertz CT molecular complexity index is 1900. The van der Waals surface area contributed by atoms with Crippen molar-refractivity contribution in [2.24, 2.45) is 5.10 Å². The lowest BCUT2D eigenvalue weighted by Crippen LogP contribution is -2.33. The minimum absolute atomic E-state index is 0.0133.